The van der Waals surface area contributed by atoms with Crippen molar-refractivity contribution in [1.29, 1.82) is 5.26 Å². The smallest absolute Gasteiger partial charge is 0.264 e. The third kappa shape index (κ3) is 2.94. The molecule has 2 aromatic carbocycles. The number of allylic oxidation sites excluding steroid dienone is 1. The Morgan fingerprint density at radius 1 is 1.15 bits per heavy atom. The Labute approximate surface area is 165 Å². The Balaban J connectivity index is 1.88. The zero-order valence-electron chi connectivity index (χ0n) is 14.7. The van der Waals surface area contributed by atoms with Crippen LogP contribution >= 0.6 is 15.9 Å². The number of nitrogens with zero attached hydrogens (tertiary/aromatic N) is 1. The molecule has 0 aliphatic carbocycles. The fourth-order valence-electron chi connectivity index (χ4n) is 3.41. The number of nitriles is 1. The molecule has 5 nitrogen and oxygen atoms in total. The molecule has 0 aromatic heterocycles. The monoisotopic (exact) mass is 425 g/mol. The van der Waals surface area contributed by atoms with Gasteiger partial charge in [-0.2, -0.15) is 5.26 Å². The van der Waals surface area contributed by atoms with Crippen LogP contribution in [0.4, 0.5) is 0 Å². The van der Waals surface area contributed by atoms with Gasteiger partial charge in [-0.3, -0.25) is 0 Å². The van der Waals surface area contributed by atoms with Gasteiger partial charge in [0, 0.05) is 11.1 Å². The van der Waals surface area contributed by atoms with Crippen molar-refractivity contribution >= 4 is 22.0 Å². The van der Waals surface area contributed by atoms with Crippen LogP contribution in [-0.2, 0) is 4.74 Å². The second-order valence-corrected chi connectivity index (χ2v) is 6.98. The lowest BCUT2D eigenvalue weighted by molar-refractivity contribution is -0.0117. The van der Waals surface area contributed by atoms with Crippen LogP contribution in [0, 0.1) is 11.3 Å². The molecule has 136 valence electrons. The molecule has 2 aliphatic heterocycles. The largest absolute Gasteiger partial charge is 0.493 e. The van der Waals surface area contributed by atoms with Crippen LogP contribution in [-0.4, -0.2) is 20.5 Å². The van der Waals surface area contributed by atoms with E-state index in [9.17, 15) is 5.26 Å². The van der Waals surface area contributed by atoms with Gasteiger partial charge in [0.1, 0.15) is 12.0 Å². The molecule has 2 aliphatic rings. The van der Waals surface area contributed by atoms with Crippen molar-refractivity contribution in [3.8, 4) is 23.3 Å². The van der Waals surface area contributed by atoms with Gasteiger partial charge >= 0.3 is 0 Å². The van der Waals surface area contributed by atoms with Gasteiger partial charge in [0.2, 0.25) is 0 Å². The van der Waals surface area contributed by atoms with Gasteiger partial charge in [-0.05, 0) is 45.8 Å². The molecule has 0 spiro atoms. The molecule has 6 heteroatoms. The maximum Gasteiger partial charge on any atom is 0.264 e. The van der Waals surface area contributed by atoms with Gasteiger partial charge in [-0.1, -0.05) is 18.2 Å². The zero-order valence-corrected chi connectivity index (χ0v) is 16.3. The molecule has 2 heterocycles. The van der Waals surface area contributed by atoms with Crippen LogP contribution in [0.15, 0.2) is 58.3 Å². The Kier molecular flexibility index (Phi) is 4.54. The molecule has 0 radical (unpaired) electrons. The van der Waals surface area contributed by atoms with E-state index in [-0.39, 0.29) is 5.92 Å². The van der Waals surface area contributed by atoms with Crippen molar-refractivity contribution in [1.82, 2.24) is 0 Å². The minimum Gasteiger partial charge on any atom is -0.493 e. The first-order chi connectivity index (χ1) is 13.2. The average molecular weight is 426 g/mol. The fraction of sp³-hybridized carbons (Fsp3) is 0.190. The van der Waals surface area contributed by atoms with Crippen molar-refractivity contribution in [2.45, 2.75) is 12.2 Å². The van der Waals surface area contributed by atoms with Crippen LogP contribution in [0.3, 0.4) is 0 Å². The number of rotatable bonds is 3. The van der Waals surface area contributed by atoms with Gasteiger partial charge in [0.15, 0.2) is 11.5 Å². The summed E-state index contributed by atoms with van der Waals surface area (Å²) in [6, 6.07) is 13.8. The Morgan fingerprint density at radius 3 is 2.70 bits per heavy atom. The molecule has 4 rings (SSSR count). The molecule has 0 saturated heterocycles. The third-order valence-electron chi connectivity index (χ3n) is 4.63. The van der Waals surface area contributed by atoms with E-state index in [4.69, 9.17) is 18.9 Å². The molecule has 27 heavy (non-hydrogen) atoms. The summed E-state index contributed by atoms with van der Waals surface area (Å²) in [4.78, 5) is 0. The summed E-state index contributed by atoms with van der Waals surface area (Å²) in [5.74, 6) is 1.64. The van der Waals surface area contributed by atoms with Crippen LogP contribution in [0.25, 0.3) is 6.08 Å². The second-order valence-electron chi connectivity index (χ2n) is 6.12. The number of para-hydroxylation sites is 1. The van der Waals surface area contributed by atoms with Crippen molar-refractivity contribution in [3.63, 3.8) is 0 Å². The van der Waals surface area contributed by atoms with Crippen LogP contribution < -0.4 is 14.2 Å². The molecular weight excluding hydrogens is 410 g/mol. The lowest BCUT2D eigenvalue weighted by Crippen LogP contribution is -2.31. The highest BCUT2D eigenvalue weighted by atomic mass is 79.9. The lowest BCUT2D eigenvalue weighted by atomic mass is 9.82. The van der Waals surface area contributed by atoms with Gasteiger partial charge in [-0.15, -0.1) is 0 Å². The number of halogens is 1. The van der Waals surface area contributed by atoms with E-state index in [2.05, 4.69) is 22.0 Å². The molecule has 2 atom stereocenters. The lowest BCUT2D eigenvalue weighted by Gasteiger charge is -2.34. The topological polar surface area (TPSA) is 60.7 Å². The predicted molar refractivity (Wildman–Crippen MR) is 104 cm³/mol. The van der Waals surface area contributed by atoms with Crippen LogP contribution in [0.5, 0.6) is 17.2 Å². The van der Waals surface area contributed by atoms with Crippen molar-refractivity contribution in [2.75, 3.05) is 14.2 Å². The highest BCUT2D eigenvalue weighted by molar-refractivity contribution is 9.10. The maximum atomic E-state index is 9.67. The SMILES string of the molecule is COc1cc(C2C(C#N)=COC3Oc4ccccc4C=C32)cc(Br)c1OC. The zero-order chi connectivity index (χ0) is 19.0. The van der Waals surface area contributed by atoms with Gasteiger partial charge in [0.05, 0.1) is 36.3 Å². The quantitative estimate of drug-likeness (QED) is 0.707. The van der Waals surface area contributed by atoms with E-state index < -0.39 is 6.29 Å². The molecule has 2 unspecified atom stereocenters. The number of hydrogen-bond acceptors (Lipinski definition) is 5. The average Bonchev–Trinajstić information content (AvgIpc) is 2.70. The number of fused-ring (bicyclic) bond motifs is 2. The summed E-state index contributed by atoms with van der Waals surface area (Å²) in [5.41, 5.74) is 3.21. The molecular formula is C21H16BrNO4. The van der Waals surface area contributed by atoms with Gasteiger partial charge in [-0.25, -0.2) is 0 Å². The highest BCUT2D eigenvalue weighted by Gasteiger charge is 2.37. The minimum atomic E-state index is -0.575. The number of hydrogen-bond donors (Lipinski definition) is 0. The first kappa shape index (κ1) is 17.5. The van der Waals surface area contributed by atoms with E-state index in [1.54, 1.807) is 14.2 Å². The normalized spacial score (nSPS) is 19.9. The van der Waals surface area contributed by atoms with E-state index in [1.165, 1.54) is 6.26 Å². The van der Waals surface area contributed by atoms with Crippen LogP contribution in [0.2, 0.25) is 0 Å². The van der Waals surface area contributed by atoms with Crippen molar-refractivity contribution < 1.29 is 18.9 Å². The number of ether oxygens (including phenoxy) is 4. The second kappa shape index (κ2) is 7.01. The van der Waals surface area contributed by atoms with E-state index in [0.717, 1.165) is 26.9 Å². The third-order valence-corrected chi connectivity index (χ3v) is 5.22. The van der Waals surface area contributed by atoms with E-state index in [0.29, 0.717) is 17.1 Å². The maximum absolute atomic E-state index is 9.67. The minimum absolute atomic E-state index is 0.307. The number of methoxy groups -OCH3 is 2. The first-order valence-corrected chi connectivity index (χ1v) is 9.09. The standard InChI is InChI=1S/C21H16BrNO4/c1-24-18-9-13(8-16(22)20(18)25-2)19-14(10-23)11-26-21-15(19)7-12-5-3-4-6-17(12)27-21/h3-9,11,19,21H,1-2H3. The summed E-state index contributed by atoms with van der Waals surface area (Å²) < 4.78 is 23.3. The Morgan fingerprint density at radius 2 is 1.96 bits per heavy atom. The Hall–Kier alpha value is -2.91. The van der Waals surface area contributed by atoms with E-state index >= 15 is 0 Å². The molecule has 2 aromatic rings. The van der Waals surface area contributed by atoms with Crippen LogP contribution in [0.1, 0.15) is 17.0 Å². The predicted octanol–water partition coefficient (Wildman–Crippen LogP) is 4.79. The van der Waals surface area contributed by atoms with Crippen molar-refractivity contribution in [2.24, 2.45) is 0 Å². The van der Waals surface area contributed by atoms with Crippen molar-refractivity contribution in [3.05, 3.63) is 69.4 Å². The molecule has 0 N–H and O–H groups in total. The summed E-state index contributed by atoms with van der Waals surface area (Å²) in [5, 5.41) is 9.67. The summed E-state index contributed by atoms with van der Waals surface area (Å²) in [7, 11) is 3.17. The number of benzene rings is 2. The fourth-order valence-corrected chi connectivity index (χ4v) is 4.04. The van der Waals surface area contributed by atoms with E-state index in [1.807, 2.05) is 42.5 Å². The van der Waals surface area contributed by atoms with Gasteiger partial charge < -0.3 is 18.9 Å². The first-order valence-electron chi connectivity index (χ1n) is 8.30. The highest BCUT2D eigenvalue weighted by Crippen LogP contribution is 2.46. The summed E-state index contributed by atoms with van der Waals surface area (Å²) in [6.45, 7) is 0. The summed E-state index contributed by atoms with van der Waals surface area (Å²) >= 11 is 3.53. The molecule has 0 saturated carbocycles. The molecule has 0 bridgehead atoms. The Bertz CT molecular complexity index is 1010. The van der Waals surface area contributed by atoms with Gasteiger partial charge in [0.25, 0.3) is 6.29 Å². The summed E-state index contributed by atoms with van der Waals surface area (Å²) in [6.07, 6.45) is 2.93. The molecule has 0 fully saturated rings. The molecule has 0 amide bonds.